The fourth-order valence-corrected chi connectivity index (χ4v) is 4.98. The van der Waals surface area contributed by atoms with Gasteiger partial charge in [0.2, 0.25) is 0 Å². The Morgan fingerprint density at radius 3 is 2.33 bits per heavy atom. The molecule has 3 aromatic rings. The van der Waals surface area contributed by atoms with Crippen LogP contribution in [-0.4, -0.2) is 56.3 Å². The number of benzene rings is 3. The van der Waals surface area contributed by atoms with Crippen LogP contribution in [0.4, 0.5) is 5.69 Å². The Morgan fingerprint density at radius 2 is 1.67 bits per heavy atom. The van der Waals surface area contributed by atoms with Crippen molar-refractivity contribution in [3.8, 4) is 17.2 Å². The number of rotatable bonds is 7. The molecule has 1 heterocycles. The summed E-state index contributed by atoms with van der Waals surface area (Å²) in [5.41, 5.74) is 1.64. The highest BCUT2D eigenvalue weighted by molar-refractivity contribution is 7.99. The number of carbonyl (C=O) groups excluding carboxylic acids is 1. The molecule has 2 atom stereocenters. The molecule has 0 bridgehead atoms. The third-order valence-electron chi connectivity index (χ3n) is 5.48. The molecule has 0 saturated carbocycles. The number of hydrogen-bond acceptors (Lipinski definition) is 6. The van der Waals surface area contributed by atoms with Crippen LogP contribution >= 0.6 is 11.8 Å². The molecular formula is C26H28N2O4S. The molecule has 0 radical (unpaired) electrons. The van der Waals surface area contributed by atoms with E-state index in [1.165, 1.54) is 11.8 Å². The fraction of sp³-hybridized carbons (Fsp3) is 0.269. The van der Waals surface area contributed by atoms with Crippen molar-refractivity contribution in [2.75, 3.05) is 39.2 Å². The Labute approximate surface area is 198 Å². The van der Waals surface area contributed by atoms with Crippen molar-refractivity contribution in [2.45, 2.75) is 16.2 Å². The van der Waals surface area contributed by atoms with Crippen LogP contribution in [0.3, 0.4) is 0 Å². The van der Waals surface area contributed by atoms with Gasteiger partial charge in [0.15, 0.2) is 0 Å². The summed E-state index contributed by atoms with van der Waals surface area (Å²) in [5.74, 6) is 1.84. The lowest BCUT2D eigenvalue weighted by molar-refractivity contribution is -0.126. The number of nitrogens with zero attached hydrogens (tertiary/aromatic N) is 2. The molecule has 1 amide bonds. The van der Waals surface area contributed by atoms with Gasteiger partial charge in [-0.15, -0.1) is 11.8 Å². The van der Waals surface area contributed by atoms with Crippen molar-refractivity contribution >= 4 is 23.4 Å². The van der Waals surface area contributed by atoms with Crippen molar-refractivity contribution in [3.05, 3.63) is 78.4 Å². The van der Waals surface area contributed by atoms with Gasteiger partial charge in [0.25, 0.3) is 5.91 Å². The van der Waals surface area contributed by atoms with Crippen molar-refractivity contribution in [1.82, 2.24) is 4.90 Å². The van der Waals surface area contributed by atoms with E-state index in [0.717, 1.165) is 27.6 Å². The van der Waals surface area contributed by atoms with E-state index in [1.54, 1.807) is 12.0 Å². The predicted molar refractivity (Wildman–Crippen MR) is 131 cm³/mol. The summed E-state index contributed by atoms with van der Waals surface area (Å²) in [6.45, 7) is 1.16. The second-order valence-corrected chi connectivity index (χ2v) is 9.28. The molecule has 172 valence electrons. The van der Waals surface area contributed by atoms with E-state index in [0.29, 0.717) is 18.8 Å². The normalized spacial score (nSPS) is 18.1. The van der Waals surface area contributed by atoms with Crippen LogP contribution in [0.15, 0.2) is 77.7 Å². The second kappa shape index (κ2) is 10.3. The van der Waals surface area contributed by atoms with Gasteiger partial charge in [-0.25, -0.2) is 0 Å². The first kappa shape index (κ1) is 23.2. The maximum Gasteiger partial charge on any atom is 0.257 e. The quantitative estimate of drug-likeness (QED) is 0.552. The van der Waals surface area contributed by atoms with Gasteiger partial charge in [0.05, 0.1) is 18.0 Å². The number of hydrogen-bond donors (Lipinski definition) is 1. The van der Waals surface area contributed by atoms with Gasteiger partial charge in [0, 0.05) is 18.0 Å². The number of aliphatic hydroxyl groups excluding tert-OH is 1. The Kier molecular flexibility index (Phi) is 7.23. The summed E-state index contributed by atoms with van der Waals surface area (Å²) >= 11 is 1.47. The number of aliphatic hydroxyl groups is 1. The smallest absolute Gasteiger partial charge is 0.257 e. The number of fused-ring (bicyclic) bond motifs is 1. The van der Waals surface area contributed by atoms with Crippen molar-refractivity contribution in [2.24, 2.45) is 0 Å². The minimum absolute atomic E-state index is 0.305. The first-order chi connectivity index (χ1) is 16.0. The van der Waals surface area contributed by atoms with Crippen LogP contribution in [0.25, 0.3) is 0 Å². The summed E-state index contributed by atoms with van der Waals surface area (Å²) < 4.78 is 11.3. The lowest BCUT2D eigenvalue weighted by atomic mass is 10.1. The predicted octanol–water partition coefficient (Wildman–Crippen LogP) is 4.59. The van der Waals surface area contributed by atoms with Crippen LogP contribution in [0.5, 0.6) is 17.2 Å². The Bertz CT molecular complexity index is 1090. The van der Waals surface area contributed by atoms with E-state index in [1.807, 2.05) is 91.8 Å². The van der Waals surface area contributed by atoms with Gasteiger partial charge in [0.1, 0.15) is 23.4 Å². The second-order valence-electron chi connectivity index (χ2n) is 8.09. The summed E-state index contributed by atoms with van der Waals surface area (Å²) in [5, 5.41) is 10.7. The van der Waals surface area contributed by atoms with Crippen LogP contribution in [0.1, 0.15) is 10.8 Å². The van der Waals surface area contributed by atoms with Crippen LogP contribution < -0.4 is 14.4 Å². The average molecular weight is 465 g/mol. The lowest BCUT2D eigenvalue weighted by Crippen LogP contribution is -2.43. The van der Waals surface area contributed by atoms with Gasteiger partial charge < -0.3 is 24.4 Å². The zero-order chi connectivity index (χ0) is 23.4. The highest BCUT2D eigenvalue weighted by Crippen LogP contribution is 2.47. The number of anilines is 1. The molecule has 33 heavy (non-hydrogen) atoms. The molecule has 1 N–H and O–H groups in total. The molecule has 2 unspecified atom stereocenters. The molecule has 3 aromatic carbocycles. The summed E-state index contributed by atoms with van der Waals surface area (Å²) in [7, 11) is 5.54. The number of methoxy groups -OCH3 is 1. The zero-order valence-corrected chi connectivity index (χ0v) is 19.8. The largest absolute Gasteiger partial charge is 0.497 e. The standard InChI is InChI=1S/C26H28N2O4S/c1-27(2)15-16-28-22-14-13-21(32-20-7-5-4-6-8-20)17-23(22)33-25(24(29)26(28)30)18-9-11-19(31-3)12-10-18/h4-14,17,24-25,29H,15-16H2,1-3H3. The highest BCUT2D eigenvalue weighted by Gasteiger charge is 2.37. The number of thioether (sulfide) groups is 1. The van der Waals surface area contributed by atoms with Gasteiger partial charge in [-0.3, -0.25) is 4.79 Å². The van der Waals surface area contributed by atoms with E-state index in [-0.39, 0.29) is 5.91 Å². The molecule has 0 aromatic heterocycles. The number of ether oxygens (including phenoxy) is 2. The van der Waals surface area contributed by atoms with Crippen LogP contribution in [-0.2, 0) is 4.79 Å². The van der Waals surface area contributed by atoms with E-state index in [4.69, 9.17) is 9.47 Å². The minimum Gasteiger partial charge on any atom is -0.497 e. The monoisotopic (exact) mass is 464 g/mol. The topological polar surface area (TPSA) is 62.2 Å². The van der Waals surface area contributed by atoms with Gasteiger partial charge in [-0.1, -0.05) is 30.3 Å². The van der Waals surface area contributed by atoms with E-state index in [9.17, 15) is 9.90 Å². The molecule has 6 nitrogen and oxygen atoms in total. The molecule has 1 aliphatic rings. The lowest BCUT2D eigenvalue weighted by Gasteiger charge is -2.26. The first-order valence-corrected chi connectivity index (χ1v) is 11.7. The Balaban J connectivity index is 1.72. The number of carbonyl (C=O) groups is 1. The third-order valence-corrected chi connectivity index (χ3v) is 6.84. The van der Waals surface area contributed by atoms with E-state index >= 15 is 0 Å². The Hall–Kier alpha value is -3.00. The van der Waals surface area contributed by atoms with E-state index < -0.39 is 11.4 Å². The number of para-hydroxylation sites is 1. The number of amides is 1. The SMILES string of the molecule is COc1ccc(C2Sc3cc(Oc4ccccc4)ccc3N(CCN(C)C)C(=O)C2O)cc1. The molecule has 0 saturated heterocycles. The summed E-state index contributed by atoms with van der Waals surface area (Å²) in [4.78, 5) is 18.0. The molecule has 1 aliphatic heterocycles. The van der Waals surface area contributed by atoms with Crippen molar-refractivity contribution in [3.63, 3.8) is 0 Å². The summed E-state index contributed by atoms with van der Waals surface area (Å²) in [6, 6.07) is 22.8. The molecule has 4 rings (SSSR count). The zero-order valence-electron chi connectivity index (χ0n) is 19.0. The maximum atomic E-state index is 13.4. The van der Waals surface area contributed by atoms with E-state index in [2.05, 4.69) is 0 Å². The van der Waals surface area contributed by atoms with Gasteiger partial charge in [-0.2, -0.15) is 0 Å². The minimum atomic E-state index is -1.18. The number of likely N-dealkylation sites (N-methyl/N-ethyl adjacent to an activating group) is 1. The molecule has 0 fully saturated rings. The molecule has 0 aliphatic carbocycles. The molecule has 0 spiro atoms. The Morgan fingerprint density at radius 1 is 0.970 bits per heavy atom. The first-order valence-electron chi connectivity index (χ1n) is 10.8. The average Bonchev–Trinajstić information content (AvgIpc) is 2.93. The molecular weight excluding hydrogens is 436 g/mol. The van der Waals surface area contributed by atoms with Gasteiger partial charge in [-0.05, 0) is 62.1 Å². The molecule has 7 heteroatoms. The van der Waals surface area contributed by atoms with Crippen molar-refractivity contribution < 1.29 is 19.4 Å². The van der Waals surface area contributed by atoms with Crippen molar-refractivity contribution in [1.29, 1.82) is 0 Å². The summed E-state index contributed by atoms with van der Waals surface area (Å²) in [6.07, 6.45) is -1.18. The van der Waals surface area contributed by atoms with Crippen LogP contribution in [0, 0.1) is 0 Å². The fourth-order valence-electron chi connectivity index (χ4n) is 3.68. The highest BCUT2D eigenvalue weighted by atomic mass is 32.2. The van der Waals surface area contributed by atoms with Gasteiger partial charge >= 0.3 is 0 Å². The van der Waals surface area contributed by atoms with Crippen LogP contribution in [0.2, 0.25) is 0 Å². The maximum absolute atomic E-state index is 13.4. The third kappa shape index (κ3) is 5.33.